The Hall–Kier alpha value is -2.07. The maximum absolute atomic E-state index is 10.9. The molecule has 0 radical (unpaired) electrons. The lowest BCUT2D eigenvalue weighted by molar-refractivity contribution is -0.255. The van der Waals surface area contributed by atoms with Crippen LogP contribution >= 0.6 is 11.6 Å². The average Bonchev–Trinajstić information content (AvgIpc) is 3.31. The molecular weight excluding hydrogens is 302 g/mol. The number of nitrogens with zero attached hydrogens (tertiary/aromatic N) is 1. The number of aromatic nitrogens is 1. The van der Waals surface area contributed by atoms with E-state index in [9.17, 15) is 9.90 Å². The first-order valence-corrected chi connectivity index (χ1v) is 7.58. The fourth-order valence-electron chi connectivity index (χ4n) is 2.21. The highest BCUT2D eigenvalue weighted by atomic mass is 35.5. The number of ether oxygens (including phenoxy) is 1. The fraction of sp³-hybridized carbons (Fsp3) is 0.294. The van der Waals surface area contributed by atoms with Crippen molar-refractivity contribution in [3.05, 3.63) is 58.4 Å². The van der Waals surface area contributed by atoms with Gasteiger partial charge in [0.25, 0.3) is 0 Å². The van der Waals surface area contributed by atoms with Gasteiger partial charge in [-0.2, -0.15) is 0 Å². The minimum Gasteiger partial charge on any atom is -0.543 e. The number of benzene rings is 1. The van der Waals surface area contributed by atoms with Crippen LogP contribution in [0.5, 0.6) is 5.75 Å². The molecule has 1 aliphatic rings. The normalized spacial score (nSPS) is 13.9. The van der Waals surface area contributed by atoms with E-state index < -0.39 is 5.97 Å². The Labute approximate surface area is 133 Å². The molecule has 4 nitrogen and oxygen atoms in total. The molecule has 0 bridgehead atoms. The second kappa shape index (κ2) is 6.36. The van der Waals surface area contributed by atoms with Crippen LogP contribution < -0.4 is 9.84 Å². The van der Waals surface area contributed by atoms with Crippen molar-refractivity contribution >= 4 is 17.6 Å². The number of hydrogen-bond donors (Lipinski definition) is 0. The molecule has 0 spiro atoms. The minimum absolute atomic E-state index is 0.0695. The van der Waals surface area contributed by atoms with Crippen molar-refractivity contribution < 1.29 is 14.6 Å². The molecule has 1 aromatic carbocycles. The van der Waals surface area contributed by atoms with Gasteiger partial charge in [-0.1, -0.05) is 17.7 Å². The largest absolute Gasteiger partial charge is 0.543 e. The molecule has 114 valence electrons. The third-order valence-electron chi connectivity index (χ3n) is 3.58. The predicted molar refractivity (Wildman–Crippen MR) is 81.0 cm³/mol. The van der Waals surface area contributed by atoms with E-state index in [0.29, 0.717) is 29.7 Å². The summed E-state index contributed by atoms with van der Waals surface area (Å²) in [4.78, 5) is 15.0. The number of pyridine rings is 1. The van der Waals surface area contributed by atoms with E-state index in [4.69, 9.17) is 16.3 Å². The molecule has 1 aromatic heterocycles. The van der Waals surface area contributed by atoms with Gasteiger partial charge >= 0.3 is 0 Å². The molecule has 0 saturated heterocycles. The first-order valence-electron chi connectivity index (χ1n) is 7.20. The van der Waals surface area contributed by atoms with Gasteiger partial charge in [-0.15, -0.1) is 0 Å². The maximum atomic E-state index is 10.9. The standard InChI is InChI=1S/C17H16ClNO3/c18-13-6-7-16(22-10-11-4-5-11)12(8-13)9-14-2-1-3-15(19-14)17(20)21/h1-3,6-8,11H,4-5,9-10H2,(H,20,21)/p-1. The van der Waals surface area contributed by atoms with Crippen LogP contribution in [0.15, 0.2) is 36.4 Å². The van der Waals surface area contributed by atoms with E-state index in [0.717, 1.165) is 11.3 Å². The van der Waals surface area contributed by atoms with Crippen LogP contribution in [0.25, 0.3) is 0 Å². The van der Waals surface area contributed by atoms with Gasteiger partial charge in [0.05, 0.1) is 18.3 Å². The Bertz CT molecular complexity index is 698. The van der Waals surface area contributed by atoms with Crippen molar-refractivity contribution in [2.75, 3.05) is 6.61 Å². The van der Waals surface area contributed by atoms with Crippen LogP contribution in [0.4, 0.5) is 0 Å². The number of carboxylic acids is 1. The van der Waals surface area contributed by atoms with Crippen LogP contribution in [0.2, 0.25) is 5.02 Å². The van der Waals surface area contributed by atoms with Crippen molar-refractivity contribution in [1.29, 1.82) is 0 Å². The third kappa shape index (κ3) is 3.77. The summed E-state index contributed by atoms with van der Waals surface area (Å²) in [5.41, 5.74) is 1.47. The highest BCUT2D eigenvalue weighted by Crippen LogP contribution is 2.31. The number of carbonyl (C=O) groups excluding carboxylic acids is 1. The highest BCUT2D eigenvalue weighted by molar-refractivity contribution is 6.30. The van der Waals surface area contributed by atoms with Gasteiger partial charge in [-0.05, 0) is 49.1 Å². The molecule has 0 atom stereocenters. The Kier molecular flexibility index (Phi) is 4.29. The molecule has 0 N–H and O–H groups in total. The van der Waals surface area contributed by atoms with Gasteiger partial charge in [-0.25, -0.2) is 0 Å². The molecule has 1 aliphatic carbocycles. The Morgan fingerprint density at radius 1 is 1.32 bits per heavy atom. The Morgan fingerprint density at radius 3 is 2.86 bits per heavy atom. The summed E-state index contributed by atoms with van der Waals surface area (Å²) in [5, 5.41) is 11.5. The van der Waals surface area contributed by atoms with Gasteiger partial charge < -0.3 is 14.6 Å². The summed E-state index contributed by atoms with van der Waals surface area (Å²) in [5.74, 6) is 0.151. The Balaban J connectivity index is 1.81. The quantitative estimate of drug-likeness (QED) is 0.821. The Morgan fingerprint density at radius 2 is 2.14 bits per heavy atom. The second-order valence-corrected chi connectivity index (χ2v) is 5.92. The smallest absolute Gasteiger partial charge is 0.122 e. The van der Waals surface area contributed by atoms with Crippen LogP contribution in [-0.4, -0.2) is 17.6 Å². The van der Waals surface area contributed by atoms with E-state index in [1.54, 1.807) is 18.2 Å². The second-order valence-electron chi connectivity index (χ2n) is 5.48. The fourth-order valence-corrected chi connectivity index (χ4v) is 2.40. The number of rotatable bonds is 6. The van der Waals surface area contributed by atoms with E-state index in [1.807, 2.05) is 12.1 Å². The number of carboxylic acid groups (broad SMARTS) is 1. The van der Waals surface area contributed by atoms with Crippen molar-refractivity contribution in [3.63, 3.8) is 0 Å². The van der Waals surface area contributed by atoms with Crippen LogP contribution in [0, 0.1) is 5.92 Å². The molecular formula is C17H15ClNO3-. The summed E-state index contributed by atoms with van der Waals surface area (Å²) < 4.78 is 5.85. The van der Waals surface area contributed by atoms with Crippen molar-refractivity contribution in [3.8, 4) is 5.75 Å². The number of halogens is 1. The number of carbonyl (C=O) groups is 1. The zero-order valence-corrected chi connectivity index (χ0v) is 12.7. The molecule has 1 saturated carbocycles. The zero-order chi connectivity index (χ0) is 15.5. The molecule has 1 fully saturated rings. The lowest BCUT2D eigenvalue weighted by Crippen LogP contribution is -2.23. The number of aromatic carboxylic acids is 1. The minimum atomic E-state index is -1.28. The average molecular weight is 317 g/mol. The van der Waals surface area contributed by atoms with Gasteiger partial charge in [0, 0.05) is 22.7 Å². The van der Waals surface area contributed by atoms with E-state index in [1.165, 1.54) is 18.9 Å². The number of hydrogen-bond acceptors (Lipinski definition) is 4. The molecule has 5 heteroatoms. The van der Waals surface area contributed by atoms with Crippen molar-refractivity contribution in [2.24, 2.45) is 5.92 Å². The van der Waals surface area contributed by atoms with Gasteiger partial charge in [-0.3, -0.25) is 4.98 Å². The zero-order valence-electron chi connectivity index (χ0n) is 11.9. The van der Waals surface area contributed by atoms with Crippen molar-refractivity contribution in [1.82, 2.24) is 4.98 Å². The predicted octanol–water partition coefficient (Wildman–Crippen LogP) is 2.48. The van der Waals surface area contributed by atoms with E-state index >= 15 is 0 Å². The molecule has 1 heterocycles. The monoisotopic (exact) mass is 316 g/mol. The lowest BCUT2D eigenvalue weighted by Gasteiger charge is -2.12. The molecule has 2 aromatic rings. The summed E-state index contributed by atoms with van der Waals surface area (Å²) in [6.07, 6.45) is 2.90. The van der Waals surface area contributed by atoms with E-state index in [-0.39, 0.29) is 5.69 Å². The maximum Gasteiger partial charge on any atom is 0.122 e. The van der Waals surface area contributed by atoms with E-state index in [2.05, 4.69) is 4.98 Å². The van der Waals surface area contributed by atoms with Crippen LogP contribution in [-0.2, 0) is 6.42 Å². The molecule has 3 rings (SSSR count). The summed E-state index contributed by atoms with van der Waals surface area (Å²) in [7, 11) is 0. The van der Waals surface area contributed by atoms with Crippen LogP contribution in [0.1, 0.15) is 34.6 Å². The molecule has 0 aliphatic heterocycles. The SMILES string of the molecule is O=C([O-])c1cccc(Cc2cc(Cl)ccc2OCC2CC2)n1. The first-order chi connectivity index (χ1) is 10.6. The summed E-state index contributed by atoms with van der Waals surface area (Å²) in [6.45, 7) is 0.709. The lowest BCUT2D eigenvalue weighted by atomic mass is 10.1. The summed E-state index contributed by atoms with van der Waals surface area (Å²) in [6, 6.07) is 10.3. The van der Waals surface area contributed by atoms with Gasteiger partial charge in [0.1, 0.15) is 5.75 Å². The van der Waals surface area contributed by atoms with Crippen LogP contribution in [0.3, 0.4) is 0 Å². The highest BCUT2D eigenvalue weighted by Gasteiger charge is 2.22. The topological polar surface area (TPSA) is 62.2 Å². The third-order valence-corrected chi connectivity index (χ3v) is 3.82. The van der Waals surface area contributed by atoms with Gasteiger partial charge in [0.2, 0.25) is 0 Å². The molecule has 22 heavy (non-hydrogen) atoms. The summed E-state index contributed by atoms with van der Waals surface area (Å²) >= 11 is 6.06. The van der Waals surface area contributed by atoms with Crippen molar-refractivity contribution in [2.45, 2.75) is 19.3 Å². The molecule has 0 unspecified atom stereocenters. The van der Waals surface area contributed by atoms with Gasteiger partial charge in [0.15, 0.2) is 0 Å². The first kappa shape index (κ1) is 14.9. The molecule has 0 amide bonds.